The lowest BCUT2D eigenvalue weighted by atomic mass is 10.1. The summed E-state index contributed by atoms with van der Waals surface area (Å²) in [5, 5.41) is 0.718. The predicted molar refractivity (Wildman–Crippen MR) is 53.3 cm³/mol. The first-order chi connectivity index (χ1) is 7.55. The lowest BCUT2D eigenvalue weighted by Crippen LogP contribution is -2.34. The van der Waals surface area contributed by atoms with Gasteiger partial charge in [0.05, 0.1) is 5.02 Å². The first-order valence-corrected chi connectivity index (χ1v) is 6.06. The van der Waals surface area contributed by atoms with Crippen LogP contribution < -0.4 is 5.14 Å². The Labute approximate surface area is 99.2 Å². The average Bonchev–Trinajstić information content (AvgIpc) is 2.08. The van der Waals surface area contributed by atoms with E-state index >= 15 is 0 Å². The third kappa shape index (κ3) is 3.08. The number of sulfonamides is 1. The van der Waals surface area contributed by atoms with Crippen molar-refractivity contribution in [2.75, 3.05) is 0 Å². The van der Waals surface area contributed by atoms with Gasteiger partial charge in [-0.05, 0) is 6.07 Å². The summed E-state index contributed by atoms with van der Waals surface area (Å²) >= 11 is 5.28. The Kier molecular flexibility index (Phi) is 3.70. The van der Waals surface area contributed by atoms with Crippen LogP contribution in [0.25, 0.3) is 0 Å². The molecule has 0 aliphatic carbocycles. The fourth-order valence-electron chi connectivity index (χ4n) is 1.26. The molecule has 3 nitrogen and oxygen atoms in total. The molecule has 0 saturated carbocycles. The molecule has 17 heavy (non-hydrogen) atoms. The highest BCUT2D eigenvalue weighted by atomic mass is 35.5. The molecule has 0 aromatic heterocycles. The number of hydrogen-bond donors (Lipinski definition) is 1. The van der Waals surface area contributed by atoms with E-state index in [9.17, 15) is 26.0 Å². The third-order valence-electron chi connectivity index (χ3n) is 1.89. The number of hydrogen-bond acceptors (Lipinski definition) is 2. The highest BCUT2D eigenvalue weighted by molar-refractivity contribution is 7.89. The van der Waals surface area contributed by atoms with Crippen LogP contribution in [0.1, 0.15) is 10.8 Å². The number of rotatable bonds is 2. The van der Waals surface area contributed by atoms with E-state index in [4.69, 9.17) is 11.6 Å². The maximum Gasteiger partial charge on any atom is 0.410 e. The molecule has 1 aromatic rings. The maximum absolute atomic E-state index is 13.4. The van der Waals surface area contributed by atoms with Gasteiger partial charge in [-0.15, -0.1) is 0 Å². The van der Waals surface area contributed by atoms with Crippen molar-refractivity contribution in [1.29, 1.82) is 0 Å². The number of benzene rings is 1. The van der Waals surface area contributed by atoms with E-state index in [0.717, 1.165) is 12.1 Å². The highest BCUT2D eigenvalue weighted by Crippen LogP contribution is 2.39. The first-order valence-electron chi connectivity index (χ1n) is 4.07. The lowest BCUT2D eigenvalue weighted by molar-refractivity contribution is -0.132. The normalized spacial score (nSPS) is 14.7. The van der Waals surface area contributed by atoms with Gasteiger partial charge in [-0.2, -0.15) is 13.2 Å². The van der Waals surface area contributed by atoms with Crippen molar-refractivity contribution in [1.82, 2.24) is 0 Å². The Morgan fingerprint density at radius 1 is 1.29 bits per heavy atom. The van der Waals surface area contributed by atoms with Crippen molar-refractivity contribution in [3.63, 3.8) is 0 Å². The fraction of sp³-hybridized carbons (Fsp3) is 0.250. The second-order valence-electron chi connectivity index (χ2n) is 3.15. The molecule has 1 rings (SSSR count). The van der Waals surface area contributed by atoms with E-state index in [-0.39, 0.29) is 0 Å². The SMILES string of the molecule is NS(=O)(=O)C(c1cccc(Cl)c1F)C(F)(F)F. The van der Waals surface area contributed by atoms with E-state index in [1.807, 2.05) is 0 Å². The van der Waals surface area contributed by atoms with Gasteiger partial charge in [0.25, 0.3) is 0 Å². The van der Waals surface area contributed by atoms with E-state index < -0.39 is 37.9 Å². The maximum atomic E-state index is 13.4. The van der Waals surface area contributed by atoms with E-state index in [0.29, 0.717) is 6.07 Å². The van der Waals surface area contributed by atoms with Crippen molar-refractivity contribution >= 4 is 21.6 Å². The van der Waals surface area contributed by atoms with Gasteiger partial charge in [0.2, 0.25) is 10.0 Å². The quantitative estimate of drug-likeness (QED) is 0.850. The molecule has 96 valence electrons. The van der Waals surface area contributed by atoms with Crippen LogP contribution in [0.4, 0.5) is 17.6 Å². The molecule has 0 amide bonds. The van der Waals surface area contributed by atoms with Gasteiger partial charge >= 0.3 is 6.18 Å². The van der Waals surface area contributed by atoms with Crippen LogP contribution >= 0.6 is 11.6 Å². The van der Waals surface area contributed by atoms with Crippen LogP contribution in [0.2, 0.25) is 5.02 Å². The van der Waals surface area contributed by atoms with Crippen LogP contribution in [-0.4, -0.2) is 14.6 Å². The topological polar surface area (TPSA) is 60.2 Å². The molecule has 9 heteroatoms. The molecular formula is C8H6ClF4NO2S. The second-order valence-corrected chi connectivity index (χ2v) is 5.21. The summed E-state index contributed by atoms with van der Waals surface area (Å²) in [6.07, 6.45) is -5.22. The summed E-state index contributed by atoms with van der Waals surface area (Å²) in [5.74, 6) is -1.45. The molecule has 2 N–H and O–H groups in total. The first kappa shape index (κ1) is 14.2. The number of alkyl halides is 3. The zero-order valence-electron chi connectivity index (χ0n) is 8.00. The van der Waals surface area contributed by atoms with Crippen LogP contribution in [0.5, 0.6) is 0 Å². The molecule has 0 radical (unpaired) electrons. The van der Waals surface area contributed by atoms with Gasteiger partial charge in [-0.3, -0.25) is 0 Å². The van der Waals surface area contributed by atoms with E-state index in [1.54, 1.807) is 0 Å². The van der Waals surface area contributed by atoms with Gasteiger partial charge < -0.3 is 0 Å². The van der Waals surface area contributed by atoms with Gasteiger partial charge in [0.1, 0.15) is 5.82 Å². The Morgan fingerprint density at radius 3 is 2.24 bits per heavy atom. The van der Waals surface area contributed by atoms with E-state index in [1.165, 1.54) is 0 Å². The molecule has 0 heterocycles. The monoisotopic (exact) mass is 291 g/mol. The smallest absolute Gasteiger partial charge is 0.228 e. The van der Waals surface area contributed by atoms with Crippen LogP contribution in [0, 0.1) is 5.82 Å². The summed E-state index contributed by atoms with van der Waals surface area (Å²) in [6, 6.07) is 2.67. The molecule has 1 aromatic carbocycles. The molecule has 0 aliphatic heterocycles. The summed E-state index contributed by atoms with van der Waals surface area (Å²) in [7, 11) is -5.04. The lowest BCUT2D eigenvalue weighted by Gasteiger charge is -2.19. The van der Waals surface area contributed by atoms with Gasteiger partial charge in [0, 0.05) is 5.56 Å². The van der Waals surface area contributed by atoms with Crippen LogP contribution in [0.15, 0.2) is 18.2 Å². The van der Waals surface area contributed by atoms with Crippen molar-refractivity contribution in [3.8, 4) is 0 Å². The molecule has 1 atom stereocenters. The standard InChI is InChI=1S/C8H6ClF4NO2S/c9-5-3-1-2-4(6(5)10)7(8(11,12)13)17(14,15)16/h1-3,7H,(H2,14,15,16). The zero-order chi connectivity index (χ0) is 13.4. The molecule has 1 unspecified atom stereocenters. The molecule has 0 saturated heterocycles. The second kappa shape index (κ2) is 4.43. The Balaban J connectivity index is 3.50. The Morgan fingerprint density at radius 2 is 1.82 bits per heavy atom. The molecule has 0 aliphatic rings. The van der Waals surface area contributed by atoms with Crippen LogP contribution in [-0.2, 0) is 10.0 Å². The molecule has 0 fully saturated rings. The number of halogens is 5. The summed E-state index contributed by atoms with van der Waals surface area (Å²) < 4.78 is 72.8. The van der Waals surface area contributed by atoms with Crippen molar-refractivity contribution in [3.05, 3.63) is 34.6 Å². The minimum atomic E-state index is -5.22. The molecular weight excluding hydrogens is 286 g/mol. The molecule has 0 spiro atoms. The minimum Gasteiger partial charge on any atom is -0.228 e. The summed E-state index contributed by atoms with van der Waals surface area (Å²) in [5.41, 5.74) is -1.12. The van der Waals surface area contributed by atoms with Crippen LogP contribution in [0.3, 0.4) is 0 Å². The van der Waals surface area contributed by atoms with Crippen molar-refractivity contribution in [2.45, 2.75) is 11.4 Å². The van der Waals surface area contributed by atoms with Crippen molar-refractivity contribution < 1.29 is 26.0 Å². The number of primary sulfonamides is 1. The van der Waals surface area contributed by atoms with Crippen molar-refractivity contribution in [2.24, 2.45) is 5.14 Å². The van der Waals surface area contributed by atoms with Gasteiger partial charge in [-0.25, -0.2) is 17.9 Å². The number of nitrogens with two attached hydrogens (primary N) is 1. The minimum absolute atomic E-state index is 0.611. The summed E-state index contributed by atoms with van der Waals surface area (Å²) in [4.78, 5) is 0. The largest absolute Gasteiger partial charge is 0.410 e. The summed E-state index contributed by atoms with van der Waals surface area (Å²) in [6.45, 7) is 0. The third-order valence-corrected chi connectivity index (χ3v) is 3.36. The van der Waals surface area contributed by atoms with Gasteiger partial charge in [-0.1, -0.05) is 23.7 Å². The Hall–Kier alpha value is -0.860. The predicted octanol–water partition coefficient (Wildman–Crippen LogP) is 2.37. The molecule has 0 bridgehead atoms. The average molecular weight is 292 g/mol. The zero-order valence-corrected chi connectivity index (χ0v) is 9.57. The fourth-order valence-corrected chi connectivity index (χ4v) is 2.35. The Bertz CT molecular complexity index is 529. The highest BCUT2D eigenvalue weighted by Gasteiger charge is 2.49. The van der Waals surface area contributed by atoms with Gasteiger partial charge in [0.15, 0.2) is 5.25 Å². The van der Waals surface area contributed by atoms with E-state index in [2.05, 4.69) is 5.14 Å².